The van der Waals surface area contributed by atoms with Crippen molar-refractivity contribution in [2.75, 3.05) is 40.2 Å². The Labute approximate surface area is 443 Å². The van der Waals surface area contributed by atoms with Crippen molar-refractivity contribution in [1.29, 1.82) is 0 Å². The summed E-state index contributed by atoms with van der Waals surface area (Å²) >= 11 is 0. The van der Waals surface area contributed by atoms with E-state index in [4.69, 9.17) is 19.9 Å². The molecule has 1 aliphatic heterocycles. The van der Waals surface area contributed by atoms with Crippen molar-refractivity contribution in [2.24, 2.45) is 29.4 Å². The molecule has 75 heavy (non-hydrogen) atoms. The van der Waals surface area contributed by atoms with Gasteiger partial charge in [0.25, 0.3) is 0 Å². The molecule has 11 atom stereocenters. The number of aliphatic hydroxyl groups excluding tert-OH is 1. The van der Waals surface area contributed by atoms with Gasteiger partial charge < -0.3 is 56.1 Å². The minimum absolute atomic E-state index is 0.0718. The van der Waals surface area contributed by atoms with Gasteiger partial charge in [0.05, 0.1) is 55.2 Å². The SMILES string of the molecule is CCCC(=O)N[C@H](CC(N)=O)C(=O)Nc1ccc(COC(=O)N(C)[C@H](C(=O)N[C@H](C(=O)N(C)[C@@H]([C@@H](C)CC)[C@@H](CC(=O)N2CCCC2[C@H](OC)[C@@H](C)C(=O)N[C@H](C)[C@@H](O)c2ccccc2)OC)C(C)C)C(C)C)cc1. The molecule has 1 aliphatic rings. The second kappa shape index (κ2) is 30.4. The summed E-state index contributed by atoms with van der Waals surface area (Å²) in [5, 5.41) is 22.0. The Balaban J connectivity index is 1.71. The quantitative estimate of drug-likeness (QED) is 0.0649. The first kappa shape index (κ1) is 63.2. The molecule has 2 aromatic rings. The number of aliphatic hydroxyl groups is 1. The van der Waals surface area contributed by atoms with Crippen molar-refractivity contribution in [3.8, 4) is 0 Å². The van der Waals surface area contributed by atoms with E-state index in [1.54, 1.807) is 80.9 Å². The Bertz CT molecular complexity index is 2200. The summed E-state index contributed by atoms with van der Waals surface area (Å²) in [6, 6.07) is 10.6. The maximum absolute atomic E-state index is 14.7. The average molecular weight is 1050 g/mol. The highest BCUT2D eigenvalue weighted by Gasteiger charge is 2.44. The molecule has 7 N–H and O–H groups in total. The summed E-state index contributed by atoms with van der Waals surface area (Å²) in [4.78, 5) is 112. The van der Waals surface area contributed by atoms with Crippen LogP contribution >= 0.6 is 0 Å². The molecule has 3 rings (SSSR count). The highest BCUT2D eigenvalue weighted by Crippen LogP contribution is 2.30. The smallest absolute Gasteiger partial charge is 0.410 e. The van der Waals surface area contributed by atoms with Crippen LogP contribution in [0.3, 0.4) is 0 Å². The van der Waals surface area contributed by atoms with Crippen LogP contribution in [0.15, 0.2) is 54.6 Å². The van der Waals surface area contributed by atoms with Crippen molar-refractivity contribution in [3.05, 3.63) is 65.7 Å². The number of anilines is 1. The number of nitrogens with one attached hydrogen (secondary N) is 4. The van der Waals surface area contributed by atoms with Gasteiger partial charge in [-0.25, -0.2) is 4.79 Å². The number of nitrogens with two attached hydrogens (primary N) is 1. The van der Waals surface area contributed by atoms with E-state index >= 15 is 0 Å². The number of ether oxygens (including phenoxy) is 3. The van der Waals surface area contributed by atoms with Crippen LogP contribution in [0.5, 0.6) is 0 Å². The van der Waals surface area contributed by atoms with E-state index in [0.717, 1.165) is 0 Å². The van der Waals surface area contributed by atoms with Crippen molar-refractivity contribution >= 4 is 53.1 Å². The highest BCUT2D eigenvalue weighted by atomic mass is 16.6. The van der Waals surface area contributed by atoms with Gasteiger partial charge in [-0.1, -0.05) is 104 Å². The maximum Gasteiger partial charge on any atom is 0.410 e. The van der Waals surface area contributed by atoms with Crippen LogP contribution in [0, 0.1) is 23.7 Å². The number of primary amides is 1. The lowest BCUT2D eigenvalue weighted by atomic mass is 9.89. The molecule has 0 saturated carbocycles. The topological polar surface area (TPSA) is 268 Å². The number of likely N-dealkylation sites (tertiary alicyclic amines) is 1. The minimum atomic E-state index is -1.16. The fourth-order valence-corrected chi connectivity index (χ4v) is 9.76. The van der Waals surface area contributed by atoms with E-state index in [1.807, 2.05) is 52.8 Å². The molecular weight excluding hydrogens is 965 g/mol. The summed E-state index contributed by atoms with van der Waals surface area (Å²) in [5.74, 6) is -4.89. The van der Waals surface area contributed by atoms with Gasteiger partial charge in [0.2, 0.25) is 41.4 Å². The molecule has 2 aromatic carbocycles. The molecule has 1 fully saturated rings. The number of benzene rings is 2. The van der Waals surface area contributed by atoms with E-state index in [9.17, 15) is 43.5 Å². The summed E-state index contributed by atoms with van der Waals surface area (Å²) in [6.07, 6.45) is -0.897. The first-order valence-electron chi connectivity index (χ1n) is 26.2. The van der Waals surface area contributed by atoms with Crippen molar-refractivity contribution in [2.45, 2.75) is 168 Å². The fourth-order valence-electron chi connectivity index (χ4n) is 9.76. The minimum Gasteiger partial charge on any atom is -0.445 e. The summed E-state index contributed by atoms with van der Waals surface area (Å²) in [6.45, 7) is 16.7. The number of nitrogens with zero attached hydrogens (tertiary/aromatic N) is 3. The van der Waals surface area contributed by atoms with E-state index in [1.165, 1.54) is 26.2 Å². The third-order valence-electron chi connectivity index (χ3n) is 14.2. The first-order chi connectivity index (χ1) is 35.4. The number of amides is 8. The third-order valence-corrected chi connectivity index (χ3v) is 14.2. The molecule has 8 amide bonds. The van der Waals surface area contributed by atoms with Crippen LogP contribution in [0.2, 0.25) is 0 Å². The Morgan fingerprint density at radius 3 is 1.97 bits per heavy atom. The predicted molar refractivity (Wildman–Crippen MR) is 284 cm³/mol. The zero-order valence-corrected chi connectivity index (χ0v) is 46.4. The van der Waals surface area contributed by atoms with Gasteiger partial charge in [-0.2, -0.15) is 0 Å². The Hall–Kier alpha value is -6.12. The molecule has 0 bridgehead atoms. The predicted octanol–water partition coefficient (Wildman–Crippen LogP) is 4.68. The largest absolute Gasteiger partial charge is 0.445 e. The first-order valence-corrected chi connectivity index (χ1v) is 26.2. The normalized spacial score (nSPS) is 17.5. The number of hydrogen-bond acceptors (Lipinski definition) is 12. The zero-order valence-electron chi connectivity index (χ0n) is 46.4. The van der Waals surface area contributed by atoms with Crippen LogP contribution < -0.4 is 27.0 Å². The number of carbonyl (C=O) groups excluding carboxylic acids is 8. The molecular formula is C55H86N8O12. The van der Waals surface area contributed by atoms with Crippen molar-refractivity contribution in [3.63, 3.8) is 0 Å². The molecule has 0 aromatic heterocycles. The number of methoxy groups -OCH3 is 2. The molecule has 418 valence electrons. The maximum atomic E-state index is 14.7. The van der Waals surface area contributed by atoms with Gasteiger partial charge in [-0.05, 0) is 67.2 Å². The number of carbonyl (C=O) groups is 8. The lowest BCUT2D eigenvalue weighted by Gasteiger charge is -2.41. The zero-order chi connectivity index (χ0) is 56.3. The van der Waals surface area contributed by atoms with Crippen molar-refractivity contribution in [1.82, 2.24) is 30.7 Å². The van der Waals surface area contributed by atoms with Gasteiger partial charge in [-0.3, -0.25) is 38.5 Å². The van der Waals surface area contributed by atoms with Gasteiger partial charge in [0, 0.05) is 47.0 Å². The standard InChI is InChI=1S/C55H86N8O12/c1-14-20-44(65)59-40(29-43(56)64)52(69)58-39-26-24-37(25-27-39)31-75-55(72)62(11)47(33(5)6)53(70)60-46(32(3)4)54(71)61(10)48(34(7)15-2)42(73-12)30-45(66)63-28-19-23-41(63)50(74-13)35(8)51(68)57-36(9)49(67)38-21-17-16-18-22-38/h16-18,21-22,24-27,32-36,40-42,46-50,67H,14-15,19-20,23,28-31H2,1-13H3,(H2,56,64)(H,57,68)(H,58,69)(H,59,65)(H,60,70)/t34-,35+,36+,40+,41?,42+,46-,47-,48-,49+,50+/m0/s1. The molecule has 0 radical (unpaired) electrons. The molecule has 0 spiro atoms. The second-order valence-corrected chi connectivity index (χ2v) is 20.6. The summed E-state index contributed by atoms with van der Waals surface area (Å²) < 4.78 is 17.6. The molecule has 1 saturated heterocycles. The van der Waals surface area contributed by atoms with E-state index < -0.39 is 102 Å². The summed E-state index contributed by atoms with van der Waals surface area (Å²) in [5.41, 5.74) is 6.91. The number of rotatable bonds is 29. The molecule has 20 heteroatoms. The van der Waals surface area contributed by atoms with Crippen molar-refractivity contribution < 1.29 is 57.7 Å². The van der Waals surface area contributed by atoms with E-state index in [0.29, 0.717) is 49.0 Å². The molecule has 0 aliphatic carbocycles. The average Bonchev–Trinajstić information content (AvgIpc) is 3.86. The second-order valence-electron chi connectivity index (χ2n) is 20.6. The Morgan fingerprint density at radius 2 is 1.43 bits per heavy atom. The monoisotopic (exact) mass is 1050 g/mol. The van der Waals surface area contributed by atoms with Crippen LogP contribution in [-0.2, 0) is 54.4 Å². The fraction of sp³-hybridized carbons (Fsp3) is 0.636. The van der Waals surface area contributed by atoms with Gasteiger partial charge in [0.15, 0.2) is 0 Å². The van der Waals surface area contributed by atoms with Gasteiger partial charge in [-0.15, -0.1) is 0 Å². The lowest BCUT2D eigenvalue weighted by Crippen LogP contribution is -2.60. The molecule has 1 unspecified atom stereocenters. The Kier molecular flexibility index (Phi) is 25.6. The van der Waals surface area contributed by atoms with Crippen LogP contribution in [0.25, 0.3) is 0 Å². The number of likely N-dealkylation sites (N-methyl/N-ethyl adjacent to an activating group) is 2. The van der Waals surface area contributed by atoms with Crippen LogP contribution in [0.1, 0.15) is 124 Å². The van der Waals surface area contributed by atoms with Crippen LogP contribution in [-0.4, -0.2) is 151 Å². The summed E-state index contributed by atoms with van der Waals surface area (Å²) in [7, 11) is 6.11. The molecule has 20 nitrogen and oxygen atoms in total. The van der Waals surface area contributed by atoms with Crippen LogP contribution in [0.4, 0.5) is 10.5 Å². The van der Waals surface area contributed by atoms with E-state index in [-0.39, 0.29) is 49.5 Å². The third kappa shape index (κ3) is 18.0. The van der Waals surface area contributed by atoms with Gasteiger partial charge in [0.1, 0.15) is 24.7 Å². The van der Waals surface area contributed by atoms with Gasteiger partial charge >= 0.3 is 6.09 Å². The molecule has 1 heterocycles. The number of hydrogen-bond donors (Lipinski definition) is 6. The van der Waals surface area contributed by atoms with E-state index in [2.05, 4.69) is 21.3 Å². The lowest BCUT2D eigenvalue weighted by molar-refractivity contribution is -0.148. The Morgan fingerprint density at radius 1 is 0.787 bits per heavy atom. The highest BCUT2D eigenvalue weighted by molar-refractivity contribution is 5.99.